The molecule has 2 heterocycles. The van der Waals surface area contributed by atoms with Crippen LogP contribution in [-0.4, -0.2) is 30.3 Å². The summed E-state index contributed by atoms with van der Waals surface area (Å²) in [6, 6.07) is 17.2. The van der Waals surface area contributed by atoms with Crippen molar-refractivity contribution in [3.8, 4) is 22.4 Å². The summed E-state index contributed by atoms with van der Waals surface area (Å²) in [6.45, 7) is 0. The van der Waals surface area contributed by atoms with Gasteiger partial charge in [0.05, 0.1) is 24.6 Å². The topological polar surface area (TPSA) is 118 Å². The largest absolute Gasteiger partial charge is 0.453 e. The zero-order chi connectivity index (χ0) is 28.9. The number of nitrogens with two attached hydrogens (primary N) is 1. The van der Waals surface area contributed by atoms with Crippen LogP contribution in [0.3, 0.4) is 0 Å². The van der Waals surface area contributed by atoms with Crippen molar-refractivity contribution < 1.29 is 19.1 Å². The molecule has 1 fully saturated rings. The van der Waals surface area contributed by atoms with E-state index in [2.05, 4.69) is 26.4 Å². The molecule has 11 heteroatoms. The van der Waals surface area contributed by atoms with Crippen LogP contribution in [0, 0.1) is 5.92 Å². The molecule has 1 aliphatic rings. The number of benzene rings is 2. The van der Waals surface area contributed by atoms with Crippen LogP contribution in [0.15, 0.2) is 78.3 Å². The SMILES string of the molecule is COC(=O)Nc1ccc(-c2cnc(C(CC3CC3)c3ccc(-c4cc(Cl)ccc4N/C=C(\N)Cl)c[n+]3OC)[nH]2)cc1. The van der Waals surface area contributed by atoms with Crippen molar-refractivity contribution in [1.82, 2.24) is 9.97 Å². The van der Waals surface area contributed by atoms with E-state index in [1.807, 2.05) is 54.9 Å². The number of aromatic nitrogens is 3. The van der Waals surface area contributed by atoms with Crippen LogP contribution in [0.4, 0.5) is 16.2 Å². The normalized spacial score (nSPS) is 13.9. The number of rotatable bonds is 10. The number of imidazole rings is 1. The second kappa shape index (κ2) is 12.5. The molecular formula is C30H31Cl2N6O3+. The van der Waals surface area contributed by atoms with Gasteiger partial charge in [-0.2, -0.15) is 0 Å². The fraction of sp³-hybridized carbons (Fsp3) is 0.233. The molecule has 1 atom stereocenters. The Bertz CT molecular complexity index is 1560. The second-order valence-corrected chi connectivity index (χ2v) is 10.7. The molecule has 2 aromatic carbocycles. The van der Waals surface area contributed by atoms with Crippen LogP contribution >= 0.6 is 23.2 Å². The minimum Gasteiger partial charge on any atom is -0.453 e. The highest BCUT2D eigenvalue weighted by Crippen LogP contribution is 2.41. The summed E-state index contributed by atoms with van der Waals surface area (Å²) in [5, 5.41) is 6.54. The van der Waals surface area contributed by atoms with Crippen LogP contribution in [0.25, 0.3) is 22.4 Å². The van der Waals surface area contributed by atoms with Gasteiger partial charge in [0, 0.05) is 39.0 Å². The van der Waals surface area contributed by atoms with Crippen LogP contribution in [0.5, 0.6) is 0 Å². The van der Waals surface area contributed by atoms with Crippen molar-refractivity contribution in [2.75, 3.05) is 24.9 Å². The third-order valence-corrected chi connectivity index (χ3v) is 7.32. The van der Waals surface area contributed by atoms with Gasteiger partial charge in [0.2, 0.25) is 11.9 Å². The lowest BCUT2D eigenvalue weighted by Gasteiger charge is -2.14. The summed E-state index contributed by atoms with van der Waals surface area (Å²) >= 11 is 12.2. The van der Waals surface area contributed by atoms with E-state index in [0.29, 0.717) is 16.6 Å². The van der Waals surface area contributed by atoms with Gasteiger partial charge in [-0.05, 0) is 54.3 Å². The Kier molecular flexibility index (Phi) is 8.66. The van der Waals surface area contributed by atoms with Crippen LogP contribution in [0.1, 0.15) is 36.7 Å². The minimum atomic E-state index is -0.512. The lowest BCUT2D eigenvalue weighted by molar-refractivity contribution is -0.890. The summed E-state index contributed by atoms with van der Waals surface area (Å²) < 4.78 is 6.45. The number of hydrogen-bond donors (Lipinski definition) is 4. The highest BCUT2D eigenvalue weighted by molar-refractivity contribution is 6.31. The number of methoxy groups -OCH3 is 1. The maximum atomic E-state index is 11.5. The van der Waals surface area contributed by atoms with Crippen molar-refractivity contribution in [3.63, 3.8) is 0 Å². The van der Waals surface area contributed by atoms with Crippen LogP contribution in [-0.2, 0) is 4.74 Å². The lowest BCUT2D eigenvalue weighted by atomic mass is 9.95. The number of nitrogens with one attached hydrogen (secondary N) is 3. The number of anilines is 2. The Labute approximate surface area is 248 Å². The number of carbonyl (C=O) groups is 1. The monoisotopic (exact) mass is 593 g/mol. The van der Waals surface area contributed by atoms with Crippen LogP contribution in [0.2, 0.25) is 5.02 Å². The fourth-order valence-corrected chi connectivity index (χ4v) is 4.96. The number of carbonyl (C=O) groups excluding carboxylic acids is 1. The molecule has 212 valence electrons. The third kappa shape index (κ3) is 6.93. The van der Waals surface area contributed by atoms with Crippen molar-refractivity contribution in [2.24, 2.45) is 11.7 Å². The Morgan fingerprint density at radius 2 is 1.93 bits per heavy atom. The minimum absolute atomic E-state index is 0.0125. The molecule has 0 saturated heterocycles. The van der Waals surface area contributed by atoms with Crippen LogP contribution < -0.4 is 25.9 Å². The quantitative estimate of drug-likeness (QED) is 0.127. The van der Waals surface area contributed by atoms with Gasteiger partial charge in [0.15, 0.2) is 0 Å². The van der Waals surface area contributed by atoms with E-state index in [1.54, 1.807) is 17.9 Å². The molecule has 0 aliphatic heterocycles. The van der Waals surface area contributed by atoms with Gasteiger partial charge in [0.25, 0.3) is 0 Å². The molecular weight excluding hydrogens is 563 g/mol. The molecule has 9 nitrogen and oxygen atoms in total. The summed E-state index contributed by atoms with van der Waals surface area (Å²) in [4.78, 5) is 25.7. The number of nitrogens with zero attached hydrogens (tertiary/aromatic N) is 2. The third-order valence-electron chi connectivity index (χ3n) is 6.98. The number of hydrogen-bond acceptors (Lipinski definition) is 6. The number of pyridine rings is 1. The predicted molar refractivity (Wildman–Crippen MR) is 161 cm³/mol. The van der Waals surface area contributed by atoms with Gasteiger partial charge in [-0.1, -0.05) is 48.2 Å². The first-order chi connectivity index (χ1) is 19.8. The van der Waals surface area contributed by atoms with Gasteiger partial charge < -0.3 is 20.8 Å². The molecule has 1 saturated carbocycles. The zero-order valence-electron chi connectivity index (χ0n) is 22.7. The highest BCUT2D eigenvalue weighted by Gasteiger charge is 2.35. The summed E-state index contributed by atoms with van der Waals surface area (Å²) in [6.07, 6.45) is 8.15. The van der Waals surface area contributed by atoms with E-state index in [1.165, 1.54) is 26.2 Å². The lowest BCUT2D eigenvalue weighted by Crippen LogP contribution is -2.45. The average molecular weight is 595 g/mol. The molecule has 2 aromatic heterocycles. The van der Waals surface area contributed by atoms with Crippen molar-refractivity contribution in [2.45, 2.75) is 25.2 Å². The molecule has 0 radical (unpaired) electrons. The zero-order valence-corrected chi connectivity index (χ0v) is 24.2. The van der Waals surface area contributed by atoms with Gasteiger partial charge >= 0.3 is 6.09 Å². The molecule has 0 bridgehead atoms. The first-order valence-corrected chi connectivity index (χ1v) is 13.9. The van der Waals surface area contributed by atoms with Crippen molar-refractivity contribution in [1.29, 1.82) is 0 Å². The maximum absolute atomic E-state index is 11.5. The molecule has 41 heavy (non-hydrogen) atoms. The Balaban J connectivity index is 1.46. The molecule has 1 unspecified atom stereocenters. The molecule has 5 rings (SSSR count). The second-order valence-electron chi connectivity index (χ2n) is 9.82. The molecule has 1 aliphatic carbocycles. The van der Waals surface area contributed by atoms with E-state index in [0.717, 1.165) is 46.0 Å². The van der Waals surface area contributed by atoms with E-state index >= 15 is 0 Å². The standard InChI is InChI=1S/C30H30Cl2N6O3/c1-40-30(39)36-22-9-5-19(6-10-22)26-15-35-29(37-26)24(13-18-3-4-18)27-12-7-20(17-38(27)41-2)23-14-21(31)8-11-25(23)34-16-28(32)33/h5-12,14-18,24,34H,3-4,13,33H2,1-2H3,(H-,35,36,37,39)/p+1/b28-16-. The van der Waals surface area contributed by atoms with Crippen molar-refractivity contribution in [3.05, 3.63) is 94.9 Å². The first-order valence-electron chi connectivity index (χ1n) is 13.1. The maximum Gasteiger partial charge on any atom is 0.411 e. The molecule has 0 spiro atoms. The summed E-state index contributed by atoms with van der Waals surface area (Å²) in [7, 11) is 2.98. The number of aromatic amines is 1. The first kappa shape index (κ1) is 28.3. The number of H-pyrrole nitrogens is 1. The Morgan fingerprint density at radius 3 is 2.61 bits per heavy atom. The average Bonchev–Trinajstić information content (AvgIpc) is 3.68. The summed E-state index contributed by atoms with van der Waals surface area (Å²) in [5.74, 6) is 1.48. The molecule has 4 aromatic rings. The van der Waals surface area contributed by atoms with Crippen molar-refractivity contribution >= 4 is 40.7 Å². The van der Waals surface area contributed by atoms with Gasteiger partial charge in [-0.25, -0.2) is 9.78 Å². The number of halogens is 2. The molecule has 1 amide bonds. The summed E-state index contributed by atoms with van der Waals surface area (Å²) in [5.41, 5.74) is 11.6. The number of amides is 1. The van der Waals surface area contributed by atoms with E-state index in [9.17, 15) is 4.79 Å². The highest BCUT2D eigenvalue weighted by atomic mass is 35.5. The fourth-order valence-electron chi connectivity index (χ4n) is 4.73. The van der Waals surface area contributed by atoms with E-state index < -0.39 is 6.09 Å². The van der Waals surface area contributed by atoms with Gasteiger partial charge in [-0.3, -0.25) is 10.2 Å². The smallest absolute Gasteiger partial charge is 0.411 e. The van der Waals surface area contributed by atoms with Gasteiger partial charge in [-0.15, -0.1) is 0 Å². The molecule has 5 N–H and O–H groups in total. The van der Waals surface area contributed by atoms with E-state index in [-0.39, 0.29) is 11.1 Å². The van der Waals surface area contributed by atoms with Gasteiger partial charge in [0.1, 0.15) is 24.0 Å². The number of ether oxygens (including phenoxy) is 1. The van der Waals surface area contributed by atoms with E-state index in [4.69, 9.17) is 38.8 Å². The Morgan fingerprint density at radius 1 is 1.17 bits per heavy atom. The Hall–Kier alpha value is -4.21. The predicted octanol–water partition coefficient (Wildman–Crippen LogP) is 6.26.